The van der Waals surface area contributed by atoms with E-state index in [1.807, 2.05) is 12.1 Å². The fraction of sp³-hybridized carbons (Fsp3) is 0.615. The highest BCUT2D eigenvalue weighted by Gasteiger charge is 2.23. The molecule has 0 unspecified atom stereocenters. The van der Waals surface area contributed by atoms with E-state index < -0.39 is 0 Å². The van der Waals surface area contributed by atoms with Crippen LogP contribution < -0.4 is 15.4 Å². The van der Waals surface area contributed by atoms with Crippen LogP contribution in [-0.4, -0.2) is 37.9 Å². The van der Waals surface area contributed by atoms with Gasteiger partial charge in [-0.25, -0.2) is 0 Å². The molecule has 0 bridgehead atoms. The zero-order chi connectivity index (χ0) is 12.4. The molecule has 0 aromatic carbocycles. The van der Waals surface area contributed by atoms with Gasteiger partial charge in [0.15, 0.2) is 0 Å². The van der Waals surface area contributed by atoms with E-state index >= 15 is 0 Å². The molecule has 1 saturated heterocycles. The third-order valence-electron chi connectivity index (χ3n) is 3.36. The van der Waals surface area contributed by atoms with Gasteiger partial charge in [0.1, 0.15) is 5.82 Å². The van der Waals surface area contributed by atoms with Gasteiger partial charge in [0, 0.05) is 13.1 Å². The monoisotopic (exact) mass is 249 g/mol. The number of nitrogens with two attached hydrogens (primary N) is 1. The van der Waals surface area contributed by atoms with Crippen LogP contribution in [0.4, 0.5) is 11.5 Å². The van der Waals surface area contributed by atoms with Crippen molar-refractivity contribution in [2.75, 3.05) is 43.5 Å². The Labute approximate surface area is 107 Å². The van der Waals surface area contributed by atoms with Crippen LogP contribution in [0, 0.1) is 5.92 Å². The molecule has 0 amide bonds. The molecule has 0 radical (unpaired) electrons. The van der Waals surface area contributed by atoms with Gasteiger partial charge in [0.25, 0.3) is 0 Å². The average Bonchev–Trinajstić information content (AvgIpc) is 3.23. The molecule has 18 heavy (non-hydrogen) atoms. The lowest BCUT2D eigenvalue weighted by Gasteiger charge is -2.28. The lowest BCUT2D eigenvalue weighted by molar-refractivity contribution is 0.122. The van der Waals surface area contributed by atoms with E-state index in [-0.39, 0.29) is 0 Å². The summed E-state index contributed by atoms with van der Waals surface area (Å²) >= 11 is 0. The number of hydrogen-bond donors (Lipinski definition) is 1. The van der Waals surface area contributed by atoms with Gasteiger partial charge in [-0.3, -0.25) is 0 Å². The van der Waals surface area contributed by atoms with Gasteiger partial charge in [-0.15, -0.1) is 0 Å². The maximum Gasteiger partial charge on any atom is 0.239 e. The summed E-state index contributed by atoms with van der Waals surface area (Å²) in [6.07, 6.45) is 2.53. The van der Waals surface area contributed by atoms with Crippen LogP contribution in [-0.2, 0) is 4.74 Å². The number of anilines is 2. The number of pyridine rings is 1. The lowest BCUT2D eigenvalue weighted by atomic mass is 10.3. The molecule has 2 aliphatic rings. The van der Waals surface area contributed by atoms with Crippen LogP contribution in [0.3, 0.4) is 0 Å². The molecule has 1 aliphatic carbocycles. The second kappa shape index (κ2) is 5.02. The first-order chi connectivity index (χ1) is 8.83. The summed E-state index contributed by atoms with van der Waals surface area (Å²) in [4.78, 5) is 6.72. The maximum atomic E-state index is 5.89. The topological polar surface area (TPSA) is 60.6 Å². The fourth-order valence-electron chi connectivity index (χ4n) is 2.01. The van der Waals surface area contributed by atoms with Crippen molar-refractivity contribution < 1.29 is 9.47 Å². The summed E-state index contributed by atoms with van der Waals surface area (Å²) in [5.41, 5.74) is 6.51. The number of morpholine rings is 1. The zero-order valence-corrected chi connectivity index (χ0v) is 10.5. The molecule has 2 fully saturated rings. The van der Waals surface area contributed by atoms with Gasteiger partial charge in [-0.1, -0.05) is 0 Å². The first kappa shape index (κ1) is 11.6. The molecule has 3 rings (SSSR count). The maximum absolute atomic E-state index is 5.89. The van der Waals surface area contributed by atoms with Crippen LogP contribution >= 0.6 is 0 Å². The smallest absolute Gasteiger partial charge is 0.239 e. The zero-order valence-electron chi connectivity index (χ0n) is 10.5. The molecule has 1 aromatic rings. The molecule has 2 heterocycles. The average molecular weight is 249 g/mol. The standard InChI is InChI=1S/C13H19N3O2/c14-11-3-4-12(16-5-7-17-8-6-16)15-13(11)18-9-10-1-2-10/h3-4,10H,1-2,5-9,14H2. The molecule has 5 heteroatoms. The lowest BCUT2D eigenvalue weighted by Crippen LogP contribution is -2.36. The van der Waals surface area contributed by atoms with E-state index in [9.17, 15) is 0 Å². The third-order valence-corrected chi connectivity index (χ3v) is 3.36. The van der Waals surface area contributed by atoms with Crippen molar-refractivity contribution in [3.05, 3.63) is 12.1 Å². The molecule has 98 valence electrons. The number of ether oxygens (including phenoxy) is 2. The molecule has 5 nitrogen and oxygen atoms in total. The van der Waals surface area contributed by atoms with Crippen LogP contribution in [0.1, 0.15) is 12.8 Å². The van der Waals surface area contributed by atoms with Crippen molar-refractivity contribution in [1.29, 1.82) is 0 Å². The Morgan fingerprint density at radius 3 is 2.83 bits per heavy atom. The van der Waals surface area contributed by atoms with Crippen molar-refractivity contribution in [1.82, 2.24) is 4.98 Å². The molecule has 2 N–H and O–H groups in total. The number of hydrogen-bond acceptors (Lipinski definition) is 5. The van der Waals surface area contributed by atoms with E-state index in [0.717, 1.165) is 38.7 Å². The van der Waals surface area contributed by atoms with Crippen LogP contribution in [0.25, 0.3) is 0 Å². The predicted octanol–water partition coefficient (Wildman–Crippen LogP) is 1.29. The fourth-order valence-corrected chi connectivity index (χ4v) is 2.01. The Balaban J connectivity index is 1.71. The molecular formula is C13H19N3O2. The van der Waals surface area contributed by atoms with E-state index in [4.69, 9.17) is 15.2 Å². The molecular weight excluding hydrogens is 230 g/mol. The summed E-state index contributed by atoms with van der Waals surface area (Å²) in [7, 11) is 0. The van der Waals surface area contributed by atoms with Gasteiger partial charge < -0.3 is 20.1 Å². The van der Waals surface area contributed by atoms with Gasteiger partial charge in [0.2, 0.25) is 5.88 Å². The number of rotatable bonds is 4. The summed E-state index contributed by atoms with van der Waals surface area (Å²) in [6, 6.07) is 3.82. The normalized spacial score (nSPS) is 19.9. The largest absolute Gasteiger partial charge is 0.476 e. The summed E-state index contributed by atoms with van der Waals surface area (Å²) < 4.78 is 11.0. The Morgan fingerprint density at radius 1 is 1.33 bits per heavy atom. The van der Waals surface area contributed by atoms with E-state index in [1.165, 1.54) is 12.8 Å². The second-order valence-electron chi connectivity index (χ2n) is 4.92. The van der Waals surface area contributed by atoms with Crippen molar-refractivity contribution in [3.8, 4) is 5.88 Å². The number of aromatic nitrogens is 1. The highest BCUT2D eigenvalue weighted by Crippen LogP contribution is 2.31. The minimum Gasteiger partial charge on any atom is -0.476 e. The quantitative estimate of drug-likeness (QED) is 0.871. The van der Waals surface area contributed by atoms with Crippen LogP contribution in [0.15, 0.2) is 12.1 Å². The third kappa shape index (κ3) is 2.67. The van der Waals surface area contributed by atoms with Gasteiger partial charge in [-0.2, -0.15) is 4.98 Å². The number of nitrogens with zero attached hydrogens (tertiary/aromatic N) is 2. The molecule has 1 aromatic heterocycles. The van der Waals surface area contributed by atoms with Gasteiger partial charge in [0.05, 0.1) is 25.5 Å². The Morgan fingerprint density at radius 2 is 2.11 bits per heavy atom. The summed E-state index contributed by atoms with van der Waals surface area (Å²) in [5, 5.41) is 0. The minimum absolute atomic E-state index is 0.575. The first-order valence-corrected chi connectivity index (χ1v) is 6.55. The van der Waals surface area contributed by atoms with E-state index in [2.05, 4.69) is 9.88 Å². The van der Waals surface area contributed by atoms with Crippen LogP contribution in [0.5, 0.6) is 5.88 Å². The molecule has 0 spiro atoms. The molecule has 1 saturated carbocycles. The SMILES string of the molecule is Nc1ccc(N2CCOCC2)nc1OCC1CC1. The second-order valence-corrected chi connectivity index (χ2v) is 4.92. The van der Waals surface area contributed by atoms with Crippen molar-refractivity contribution >= 4 is 11.5 Å². The van der Waals surface area contributed by atoms with Crippen molar-refractivity contribution in [3.63, 3.8) is 0 Å². The van der Waals surface area contributed by atoms with E-state index in [1.54, 1.807) is 0 Å². The minimum atomic E-state index is 0.575. The van der Waals surface area contributed by atoms with Gasteiger partial charge in [-0.05, 0) is 30.9 Å². The number of nitrogen functional groups attached to an aromatic ring is 1. The van der Waals surface area contributed by atoms with Crippen LogP contribution in [0.2, 0.25) is 0 Å². The van der Waals surface area contributed by atoms with E-state index in [0.29, 0.717) is 17.5 Å². The van der Waals surface area contributed by atoms with Crippen molar-refractivity contribution in [2.45, 2.75) is 12.8 Å². The first-order valence-electron chi connectivity index (χ1n) is 6.55. The molecule has 1 aliphatic heterocycles. The van der Waals surface area contributed by atoms with Crippen molar-refractivity contribution in [2.24, 2.45) is 5.92 Å². The van der Waals surface area contributed by atoms with Gasteiger partial charge >= 0.3 is 0 Å². The Bertz CT molecular complexity index is 415. The Kier molecular flexibility index (Phi) is 3.23. The Hall–Kier alpha value is -1.49. The predicted molar refractivity (Wildman–Crippen MR) is 69.9 cm³/mol. The highest BCUT2D eigenvalue weighted by molar-refractivity contribution is 5.54. The molecule has 0 atom stereocenters. The summed E-state index contributed by atoms with van der Waals surface area (Å²) in [5.74, 6) is 2.21. The highest BCUT2D eigenvalue weighted by atomic mass is 16.5. The summed E-state index contributed by atoms with van der Waals surface area (Å²) in [6.45, 7) is 4.00.